The zero-order valence-electron chi connectivity index (χ0n) is 12.9. The quantitative estimate of drug-likeness (QED) is 0.751. The van der Waals surface area contributed by atoms with Crippen LogP contribution in [0.2, 0.25) is 0 Å². The number of amides is 2. The summed E-state index contributed by atoms with van der Waals surface area (Å²) >= 11 is 1.48. The fraction of sp³-hybridized carbons (Fsp3) is 0.250. The lowest BCUT2D eigenvalue weighted by Crippen LogP contribution is -2.34. The van der Waals surface area contributed by atoms with E-state index in [1.807, 2.05) is 54.2 Å². The molecule has 3 aromatic rings. The van der Waals surface area contributed by atoms with Crippen LogP contribution < -0.4 is 10.6 Å². The first-order chi connectivity index (χ1) is 11.1. The summed E-state index contributed by atoms with van der Waals surface area (Å²) in [6.07, 6.45) is 1.62. The minimum absolute atomic E-state index is 0.187. The van der Waals surface area contributed by atoms with Crippen LogP contribution in [0.1, 0.15) is 23.2 Å². The van der Waals surface area contributed by atoms with Gasteiger partial charge in [-0.25, -0.2) is 4.79 Å². The molecule has 0 fully saturated rings. The largest absolute Gasteiger partial charge is 0.467 e. The number of anilines is 1. The van der Waals surface area contributed by atoms with Gasteiger partial charge < -0.3 is 9.73 Å². The summed E-state index contributed by atoms with van der Waals surface area (Å²) in [5.41, 5.74) is 1.95. The van der Waals surface area contributed by atoms with Gasteiger partial charge in [0, 0.05) is 12.2 Å². The molecular weight excluding hydrogens is 312 g/mol. The van der Waals surface area contributed by atoms with Crippen LogP contribution in [0.25, 0.3) is 0 Å². The highest BCUT2D eigenvalue weighted by atomic mass is 32.1. The van der Waals surface area contributed by atoms with E-state index in [-0.39, 0.29) is 12.1 Å². The summed E-state index contributed by atoms with van der Waals surface area (Å²) < 4.78 is 7.40. The molecule has 120 valence electrons. The van der Waals surface area contributed by atoms with Crippen molar-refractivity contribution < 1.29 is 9.21 Å². The number of rotatable bonds is 5. The highest BCUT2D eigenvalue weighted by Gasteiger charge is 2.20. The van der Waals surface area contributed by atoms with Crippen molar-refractivity contribution in [2.45, 2.75) is 19.9 Å². The van der Waals surface area contributed by atoms with Gasteiger partial charge >= 0.3 is 6.03 Å². The smallest absolute Gasteiger partial charge is 0.319 e. The first-order valence-corrected chi connectivity index (χ1v) is 8.16. The highest BCUT2D eigenvalue weighted by molar-refractivity contribution is 7.14. The molecule has 1 atom stereocenters. The maximum atomic E-state index is 12.0. The molecule has 1 unspecified atom stereocenters. The second-order valence-electron chi connectivity index (χ2n) is 5.22. The van der Waals surface area contributed by atoms with E-state index in [1.165, 1.54) is 11.3 Å². The van der Waals surface area contributed by atoms with Crippen LogP contribution in [-0.2, 0) is 0 Å². The number of nitrogens with one attached hydrogen (secondary N) is 2. The summed E-state index contributed by atoms with van der Waals surface area (Å²) in [6, 6.07) is 9.04. The topological polar surface area (TPSA) is 72.1 Å². The molecule has 3 heterocycles. The number of furan rings is 1. The van der Waals surface area contributed by atoms with E-state index in [9.17, 15) is 4.79 Å². The molecule has 7 heteroatoms. The van der Waals surface area contributed by atoms with Crippen molar-refractivity contribution in [1.29, 1.82) is 0 Å². The maximum Gasteiger partial charge on any atom is 0.319 e. The predicted octanol–water partition coefficient (Wildman–Crippen LogP) is 3.57. The van der Waals surface area contributed by atoms with Crippen LogP contribution in [0.4, 0.5) is 9.80 Å². The zero-order chi connectivity index (χ0) is 16.2. The van der Waals surface area contributed by atoms with Gasteiger partial charge in [-0.05, 0) is 49.6 Å². The molecule has 3 rings (SSSR count). The number of thiophene rings is 1. The lowest BCUT2D eigenvalue weighted by molar-refractivity contribution is 0.250. The molecule has 3 aromatic heterocycles. The summed E-state index contributed by atoms with van der Waals surface area (Å²) in [5, 5.41) is 12.9. The van der Waals surface area contributed by atoms with Crippen molar-refractivity contribution in [2.75, 3.05) is 11.9 Å². The van der Waals surface area contributed by atoms with Crippen LogP contribution in [0.15, 0.2) is 46.4 Å². The average molecular weight is 330 g/mol. The average Bonchev–Trinajstić information content (AvgIpc) is 3.23. The molecule has 2 N–H and O–H groups in total. The Bertz CT molecular complexity index is 762. The Morgan fingerprint density at radius 1 is 1.39 bits per heavy atom. The molecule has 0 aliphatic carbocycles. The van der Waals surface area contributed by atoms with Crippen LogP contribution in [0.5, 0.6) is 0 Å². The van der Waals surface area contributed by atoms with E-state index in [4.69, 9.17) is 4.42 Å². The lowest BCUT2D eigenvalue weighted by Gasteiger charge is -2.18. The first kappa shape index (κ1) is 15.4. The Labute approximate surface area is 138 Å². The molecule has 0 spiro atoms. The maximum absolute atomic E-state index is 12.0. The molecular formula is C16H18N4O2S. The van der Waals surface area contributed by atoms with Crippen LogP contribution in [-0.4, -0.2) is 22.4 Å². The Kier molecular flexibility index (Phi) is 4.47. The first-order valence-electron chi connectivity index (χ1n) is 7.28. The number of nitrogens with zero attached hydrogens (tertiary/aromatic N) is 2. The lowest BCUT2D eigenvalue weighted by atomic mass is 10.2. The van der Waals surface area contributed by atoms with E-state index >= 15 is 0 Å². The molecule has 0 saturated heterocycles. The van der Waals surface area contributed by atoms with E-state index < -0.39 is 0 Å². The number of aryl methyl sites for hydroxylation is 2. The second kappa shape index (κ2) is 6.70. The van der Waals surface area contributed by atoms with Gasteiger partial charge in [-0.1, -0.05) is 0 Å². The third-order valence-electron chi connectivity index (χ3n) is 3.43. The van der Waals surface area contributed by atoms with E-state index in [1.54, 1.807) is 6.26 Å². The van der Waals surface area contributed by atoms with E-state index in [2.05, 4.69) is 15.7 Å². The summed E-state index contributed by atoms with van der Waals surface area (Å²) in [4.78, 5) is 12.0. The second-order valence-corrected chi connectivity index (χ2v) is 6.16. The van der Waals surface area contributed by atoms with Crippen LogP contribution in [0.3, 0.4) is 0 Å². The minimum atomic E-state index is -0.245. The number of carbonyl (C=O) groups is 1. The molecule has 0 saturated carbocycles. The number of carbonyl (C=O) groups excluding carboxylic acids is 1. The van der Waals surface area contributed by atoms with Gasteiger partial charge in [0.2, 0.25) is 0 Å². The summed E-state index contributed by atoms with van der Waals surface area (Å²) in [7, 11) is 0. The predicted molar refractivity (Wildman–Crippen MR) is 89.9 cm³/mol. The van der Waals surface area contributed by atoms with Crippen molar-refractivity contribution in [2.24, 2.45) is 0 Å². The molecule has 0 aliphatic rings. The SMILES string of the molecule is Cc1cc(C)n(C(CNC(=O)Nc2cccs2)c2ccco2)n1. The van der Waals surface area contributed by atoms with Crippen molar-refractivity contribution >= 4 is 22.4 Å². The molecule has 0 aliphatic heterocycles. The summed E-state index contributed by atoms with van der Waals surface area (Å²) in [6.45, 7) is 4.31. The van der Waals surface area contributed by atoms with Gasteiger partial charge in [-0.3, -0.25) is 10.00 Å². The van der Waals surface area contributed by atoms with Gasteiger partial charge in [0.15, 0.2) is 0 Å². The van der Waals surface area contributed by atoms with Crippen LogP contribution in [0, 0.1) is 13.8 Å². The van der Waals surface area contributed by atoms with Crippen molar-refractivity contribution in [1.82, 2.24) is 15.1 Å². The molecule has 0 bridgehead atoms. The van der Waals surface area contributed by atoms with Gasteiger partial charge in [-0.2, -0.15) is 5.10 Å². The number of hydrogen-bond donors (Lipinski definition) is 2. The number of hydrogen-bond acceptors (Lipinski definition) is 4. The standard InChI is InChI=1S/C16H18N4O2S/c1-11-9-12(2)20(19-11)13(14-5-3-7-22-14)10-17-16(21)18-15-6-4-8-23-15/h3-9,13H,10H2,1-2H3,(H2,17,18,21). The minimum Gasteiger partial charge on any atom is -0.467 e. The third-order valence-corrected chi connectivity index (χ3v) is 4.21. The normalized spacial score (nSPS) is 12.1. The van der Waals surface area contributed by atoms with Gasteiger partial charge in [0.05, 0.1) is 17.0 Å². The Morgan fingerprint density at radius 3 is 2.87 bits per heavy atom. The molecule has 23 heavy (non-hydrogen) atoms. The monoisotopic (exact) mass is 330 g/mol. The summed E-state index contributed by atoms with van der Waals surface area (Å²) in [5.74, 6) is 0.757. The number of urea groups is 1. The zero-order valence-corrected chi connectivity index (χ0v) is 13.8. The van der Waals surface area contributed by atoms with Gasteiger partial charge in [0.1, 0.15) is 11.8 Å². The Morgan fingerprint density at radius 2 is 2.26 bits per heavy atom. The number of aromatic nitrogens is 2. The van der Waals surface area contributed by atoms with Gasteiger partial charge in [0.25, 0.3) is 0 Å². The van der Waals surface area contributed by atoms with Crippen molar-refractivity contribution in [3.05, 3.63) is 59.1 Å². The molecule has 6 nitrogen and oxygen atoms in total. The van der Waals surface area contributed by atoms with E-state index in [0.717, 1.165) is 22.1 Å². The van der Waals surface area contributed by atoms with E-state index in [0.29, 0.717) is 6.54 Å². The molecule has 0 aromatic carbocycles. The van der Waals surface area contributed by atoms with Gasteiger partial charge in [-0.15, -0.1) is 11.3 Å². The fourth-order valence-electron chi connectivity index (χ4n) is 2.45. The highest BCUT2D eigenvalue weighted by Crippen LogP contribution is 2.20. The fourth-order valence-corrected chi connectivity index (χ4v) is 3.06. The molecule has 0 radical (unpaired) electrons. The van der Waals surface area contributed by atoms with Crippen LogP contribution >= 0.6 is 11.3 Å². The third kappa shape index (κ3) is 3.62. The molecule has 2 amide bonds. The Hall–Kier alpha value is -2.54. The Balaban J connectivity index is 1.72. The van der Waals surface area contributed by atoms with Crippen molar-refractivity contribution in [3.8, 4) is 0 Å². The van der Waals surface area contributed by atoms with Crippen molar-refractivity contribution in [3.63, 3.8) is 0 Å².